The van der Waals surface area contributed by atoms with Crippen molar-refractivity contribution in [1.82, 2.24) is 20.4 Å². The van der Waals surface area contributed by atoms with E-state index in [4.69, 9.17) is 0 Å². The Morgan fingerprint density at radius 2 is 2.53 bits per heavy atom. The van der Waals surface area contributed by atoms with E-state index >= 15 is 0 Å². The Morgan fingerprint density at radius 3 is 3.24 bits per heavy atom. The number of thiophene rings is 1. The molecular weight excluding hydrogens is 236 g/mol. The van der Waals surface area contributed by atoms with E-state index in [2.05, 4.69) is 15.7 Å². The van der Waals surface area contributed by atoms with Crippen molar-refractivity contribution < 1.29 is 4.79 Å². The molecule has 6 heteroatoms. The van der Waals surface area contributed by atoms with Gasteiger partial charge in [-0.05, 0) is 24.6 Å². The summed E-state index contributed by atoms with van der Waals surface area (Å²) in [6, 6.07) is 5.82. The molecule has 0 unspecified atom stereocenters. The Balaban J connectivity index is 2.09. The van der Waals surface area contributed by atoms with Gasteiger partial charge in [0.1, 0.15) is 17.6 Å². The zero-order valence-electron chi connectivity index (χ0n) is 9.30. The molecule has 0 saturated carbocycles. The lowest BCUT2D eigenvalue weighted by Gasteiger charge is -2.23. The first-order chi connectivity index (χ1) is 8.29. The Kier molecular flexibility index (Phi) is 2.45. The van der Waals surface area contributed by atoms with Crippen molar-refractivity contribution in [2.24, 2.45) is 0 Å². The van der Waals surface area contributed by atoms with Gasteiger partial charge in [-0.2, -0.15) is 5.10 Å². The first-order valence-corrected chi connectivity index (χ1v) is 6.26. The van der Waals surface area contributed by atoms with Gasteiger partial charge in [0, 0.05) is 0 Å². The standard InChI is InChI=1S/C11H12N4OS/c1-12-10-6-13-11(16)8-5-7(14-15(8)10)9-3-2-4-17-9/h2-5,10,12H,6H2,1H3,(H,13,16)/t10-/m1/s1. The molecule has 88 valence electrons. The summed E-state index contributed by atoms with van der Waals surface area (Å²) in [7, 11) is 1.86. The van der Waals surface area contributed by atoms with E-state index in [1.54, 1.807) is 16.0 Å². The third kappa shape index (κ3) is 1.65. The maximum atomic E-state index is 11.7. The summed E-state index contributed by atoms with van der Waals surface area (Å²) in [6.07, 6.45) is 0.0245. The molecule has 2 N–H and O–H groups in total. The van der Waals surface area contributed by atoms with E-state index in [1.165, 1.54) is 0 Å². The molecule has 1 aliphatic rings. The molecule has 3 heterocycles. The summed E-state index contributed by atoms with van der Waals surface area (Å²) in [5.74, 6) is -0.0631. The second-order valence-electron chi connectivity index (χ2n) is 3.85. The van der Waals surface area contributed by atoms with Gasteiger partial charge in [-0.1, -0.05) is 6.07 Å². The smallest absolute Gasteiger partial charge is 0.269 e. The summed E-state index contributed by atoms with van der Waals surface area (Å²) < 4.78 is 1.76. The lowest BCUT2D eigenvalue weighted by atomic mass is 10.2. The molecule has 1 aliphatic heterocycles. The summed E-state index contributed by atoms with van der Waals surface area (Å²) in [5.41, 5.74) is 1.46. The van der Waals surface area contributed by atoms with Crippen LogP contribution in [0.25, 0.3) is 10.6 Å². The lowest BCUT2D eigenvalue weighted by molar-refractivity contribution is 0.0903. The van der Waals surface area contributed by atoms with Gasteiger partial charge in [0.15, 0.2) is 0 Å². The minimum absolute atomic E-state index is 0.0245. The van der Waals surface area contributed by atoms with E-state index in [0.717, 1.165) is 10.6 Å². The fourth-order valence-electron chi connectivity index (χ4n) is 1.94. The van der Waals surface area contributed by atoms with Crippen molar-refractivity contribution in [3.8, 4) is 10.6 Å². The average molecular weight is 248 g/mol. The molecule has 17 heavy (non-hydrogen) atoms. The monoisotopic (exact) mass is 248 g/mol. The number of aromatic nitrogens is 2. The molecule has 0 spiro atoms. The molecule has 0 fully saturated rings. The third-order valence-electron chi connectivity index (χ3n) is 2.83. The summed E-state index contributed by atoms with van der Waals surface area (Å²) >= 11 is 1.62. The number of fused-ring (bicyclic) bond motifs is 1. The van der Waals surface area contributed by atoms with Crippen LogP contribution in [-0.4, -0.2) is 29.3 Å². The number of nitrogens with one attached hydrogen (secondary N) is 2. The van der Waals surface area contributed by atoms with Crippen molar-refractivity contribution >= 4 is 17.2 Å². The fourth-order valence-corrected chi connectivity index (χ4v) is 2.62. The van der Waals surface area contributed by atoms with Crippen LogP contribution in [0.1, 0.15) is 16.7 Å². The number of rotatable bonds is 2. The van der Waals surface area contributed by atoms with E-state index in [0.29, 0.717) is 12.2 Å². The topological polar surface area (TPSA) is 58.9 Å². The highest BCUT2D eigenvalue weighted by Crippen LogP contribution is 2.26. The normalized spacial score (nSPS) is 18.9. The molecule has 1 amide bonds. The van der Waals surface area contributed by atoms with E-state index < -0.39 is 0 Å². The molecule has 0 radical (unpaired) electrons. The van der Waals surface area contributed by atoms with Gasteiger partial charge in [-0.25, -0.2) is 4.68 Å². The predicted octanol–water partition coefficient (Wildman–Crippen LogP) is 1.07. The predicted molar refractivity (Wildman–Crippen MR) is 66.0 cm³/mol. The summed E-state index contributed by atoms with van der Waals surface area (Å²) in [4.78, 5) is 12.8. The number of carbonyl (C=O) groups excluding carboxylic acids is 1. The van der Waals surface area contributed by atoms with E-state index in [-0.39, 0.29) is 12.1 Å². The Morgan fingerprint density at radius 1 is 1.65 bits per heavy atom. The quantitative estimate of drug-likeness (QED) is 0.836. The van der Waals surface area contributed by atoms with Crippen LogP contribution < -0.4 is 10.6 Å². The summed E-state index contributed by atoms with van der Waals surface area (Å²) in [6.45, 7) is 0.563. The molecule has 1 atom stereocenters. The zero-order chi connectivity index (χ0) is 11.8. The van der Waals surface area contributed by atoms with E-state index in [9.17, 15) is 4.79 Å². The minimum Gasteiger partial charge on any atom is -0.347 e. The second-order valence-corrected chi connectivity index (χ2v) is 4.80. The number of hydrogen-bond acceptors (Lipinski definition) is 4. The molecule has 3 rings (SSSR count). The van der Waals surface area contributed by atoms with Crippen LogP contribution in [-0.2, 0) is 0 Å². The molecule has 5 nitrogen and oxygen atoms in total. The Labute approximate surface area is 102 Å². The maximum Gasteiger partial charge on any atom is 0.269 e. The van der Waals surface area contributed by atoms with Crippen molar-refractivity contribution in [3.05, 3.63) is 29.3 Å². The van der Waals surface area contributed by atoms with Gasteiger partial charge in [0.05, 0.1) is 11.4 Å². The third-order valence-corrected chi connectivity index (χ3v) is 3.72. The molecule has 0 saturated heterocycles. The number of nitrogens with zero attached hydrogens (tertiary/aromatic N) is 2. The van der Waals surface area contributed by atoms with Gasteiger partial charge >= 0.3 is 0 Å². The van der Waals surface area contributed by atoms with Crippen LogP contribution in [0.4, 0.5) is 0 Å². The van der Waals surface area contributed by atoms with Gasteiger partial charge in [0.25, 0.3) is 5.91 Å². The van der Waals surface area contributed by atoms with Crippen LogP contribution in [0.5, 0.6) is 0 Å². The highest BCUT2D eigenvalue weighted by molar-refractivity contribution is 7.13. The molecule has 0 bridgehead atoms. The number of carbonyl (C=O) groups is 1. The second kappa shape index (κ2) is 3.97. The van der Waals surface area contributed by atoms with Crippen LogP contribution >= 0.6 is 11.3 Å². The van der Waals surface area contributed by atoms with Crippen molar-refractivity contribution in [3.63, 3.8) is 0 Å². The first kappa shape index (κ1) is 10.5. The van der Waals surface area contributed by atoms with Crippen LogP contribution in [0.15, 0.2) is 23.6 Å². The SMILES string of the molecule is CN[C@H]1CNC(=O)c2cc(-c3cccs3)nn21. The van der Waals surface area contributed by atoms with Crippen LogP contribution in [0.3, 0.4) is 0 Å². The minimum atomic E-state index is -0.0631. The number of likely N-dealkylation sites (N-methyl/N-ethyl adjacent to an activating group) is 1. The van der Waals surface area contributed by atoms with Gasteiger partial charge in [-0.15, -0.1) is 11.3 Å². The number of amides is 1. The van der Waals surface area contributed by atoms with Gasteiger partial charge < -0.3 is 5.32 Å². The molecule has 0 aromatic carbocycles. The fraction of sp³-hybridized carbons (Fsp3) is 0.273. The van der Waals surface area contributed by atoms with Crippen LogP contribution in [0.2, 0.25) is 0 Å². The largest absolute Gasteiger partial charge is 0.347 e. The highest BCUT2D eigenvalue weighted by atomic mass is 32.1. The number of hydrogen-bond donors (Lipinski definition) is 2. The molecular formula is C11H12N4OS. The summed E-state index contributed by atoms with van der Waals surface area (Å²) in [5, 5.41) is 12.5. The zero-order valence-corrected chi connectivity index (χ0v) is 10.1. The van der Waals surface area contributed by atoms with Crippen molar-refractivity contribution in [2.45, 2.75) is 6.17 Å². The lowest BCUT2D eigenvalue weighted by Crippen LogP contribution is -2.44. The van der Waals surface area contributed by atoms with Gasteiger partial charge in [0.2, 0.25) is 0 Å². The maximum absolute atomic E-state index is 11.7. The van der Waals surface area contributed by atoms with Gasteiger partial charge in [-0.3, -0.25) is 10.1 Å². The van der Waals surface area contributed by atoms with Crippen molar-refractivity contribution in [1.29, 1.82) is 0 Å². The molecule has 0 aliphatic carbocycles. The highest BCUT2D eigenvalue weighted by Gasteiger charge is 2.26. The van der Waals surface area contributed by atoms with Crippen molar-refractivity contribution in [2.75, 3.05) is 13.6 Å². The van der Waals surface area contributed by atoms with E-state index in [1.807, 2.05) is 30.6 Å². The Hall–Kier alpha value is -1.66. The average Bonchev–Trinajstić information content (AvgIpc) is 2.98. The Bertz CT molecular complexity index is 546. The molecule has 2 aromatic heterocycles. The first-order valence-electron chi connectivity index (χ1n) is 5.38. The van der Waals surface area contributed by atoms with Crippen LogP contribution in [0, 0.1) is 0 Å². The molecule has 2 aromatic rings.